The van der Waals surface area contributed by atoms with Gasteiger partial charge in [-0.3, -0.25) is 9.89 Å². The highest BCUT2D eigenvalue weighted by Crippen LogP contribution is 2.31. The summed E-state index contributed by atoms with van der Waals surface area (Å²) in [6.45, 7) is 5.54. The fourth-order valence-electron chi connectivity index (χ4n) is 3.69. The lowest BCUT2D eigenvalue weighted by Gasteiger charge is -2.32. The van der Waals surface area contributed by atoms with E-state index < -0.39 is 0 Å². The molecule has 0 saturated carbocycles. The molecule has 1 amide bonds. The number of H-pyrrole nitrogens is 1. The molecule has 1 aromatic rings. The lowest BCUT2D eigenvalue weighted by atomic mass is 9.92. The van der Waals surface area contributed by atoms with Crippen molar-refractivity contribution >= 4 is 5.91 Å². The second-order valence-corrected chi connectivity index (χ2v) is 6.69. The fourth-order valence-corrected chi connectivity index (χ4v) is 3.69. The van der Waals surface area contributed by atoms with Gasteiger partial charge in [-0.25, -0.2) is 0 Å². The topological polar surface area (TPSA) is 82.0 Å². The summed E-state index contributed by atoms with van der Waals surface area (Å²) in [5.74, 6) is 0.600. The molecule has 2 atom stereocenters. The van der Waals surface area contributed by atoms with Crippen LogP contribution in [0.15, 0.2) is 0 Å². The molecule has 0 bridgehead atoms. The van der Waals surface area contributed by atoms with E-state index in [1.165, 1.54) is 0 Å². The highest BCUT2D eigenvalue weighted by atomic mass is 16.5. The molecule has 6 nitrogen and oxygen atoms in total. The summed E-state index contributed by atoms with van der Waals surface area (Å²) < 4.78 is 5.78. The van der Waals surface area contributed by atoms with Crippen molar-refractivity contribution in [2.45, 2.75) is 58.2 Å². The normalized spacial score (nSPS) is 25.0. The van der Waals surface area contributed by atoms with Crippen molar-refractivity contribution in [3.8, 4) is 6.07 Å². The SMILES string of the molecule is C[C@@H]1Cc2c(C(=O)N3CCC(CCC#N)CC3)n[nH]c2[C@H](C)O1. The predicted octanol–water partition coefficient (Wildman–Crippen LogP) is 2.59. The summed E-state index contributed by atoms with van der Waals surface area (Å²) in [5, 5.41) is 16.0. The van der Waals surface area contributed by atoms with Gasteiger partial charge in [0.25, 0.3) is 5.91 Å². The standard InChI is InChI=1S/C17H24N4O2/c1-11-10-14-15(12(2)23-11)19-20-16(14)17(22)21-8-5-13(6-9-21)4-3-7-18/h11-13H,3-6,8-10H2,1-2H3,(H,19,20)/t11-,12+/m1/s1. The smallest absolute Gasteiger partial charge is 0.274 e. The van der Waals surface area contributed by atoms with Gasteiger partial charge >= 0.3 is 0 Å². The Hall–Kier alpha value is -1.87. The van der Waals surface area contributed by atoms with Crippen LogP contribution >= 0.6 is 0 Å². The number of rotatable bonds is 3. The first kappa shape index (κ1) is 16.0. The average molecular weight is 316 g/mol. The van der Waals surface area contributed by atoms with Crippen LogP contribution in [0.1, 0.15) is 67.4 Å². The maximum Gasteiger partial charge on any atom is 0.274 e. The van der Waals surface area contributed by atoms with E-state index in [4.69, 9.17) is 10.00 Å². The number of nitrogens with zero attached hydrogens (tertiary/aromatic N) is 3. The highest BCUT2D eigenvalue weighted by Gasteiger charge is 2.32. The zero-order valence-corrected chi connectivity index (χ0v) is 13.8. The maximum atomic E-state index is 12.8. The first-order valence-corrected chi connectivity index (χ1v) is 8.49. The van der Waals surface area contributed by atoms with E-state index >= 15 is 0 Å². The largest absolute Gasteiger partial charge is 0.369 e. The summed E-state index contributed by atoms with van der Waals surface area (Å²) in [6, 6.07) is 2.21. The van der Waals surface area contributed by atoms with Gasteiger partial charge in [0.1, 0.15) is 0 Å². The number of piperidine rings is 1. The highest BCUT2D eigenvalue weighted by molar-refractivity contribution is 5.94. The van der Waals surface area contributed by atoms with Crippen molar-refractivity contribution in [2.75, 3.05) is 13.1 Å². The first-order valence-electron chi connectivity index (χ1n) is 8.49. The Morgan fingerprint density at radius 1 is 1.43 bits per heavy atom. The Morgan fingerprint density at radius 3 is 2.87 bits per heavy atom. The van der Waals surface area contributed by atoms with E-state index in [0.29, 0.717) is 18.0 Å². The van der Waals surface area contributed by atoms with Crippen LogP contribution in [0.2, 0.25) is 0 Å². The van der Waals surface area contributed by atoms with Gasteiger partial charge < -0.3 is 9.64 Å². The van der Waals surface area contributed by atoms with E-state index in [1.54, 1.807) is 0 Å². The third-order valence-electron chi connectivity index (χ3n) is 5.00. The average Bonchev–Trinajstić information content (AvgIpc) is 2.96. The van der Waals surface area contributed by atoms with E-state index in [1.807, 2.05) is 18.7 Å². The van der Waals surface area contributed by atoms with E-state index in [2.05, 4.69) is 16.3 Å². The van der Waals surface area contributed by atoms with Gasteiger partial charge in [-0.15, -0.1) is 0 Å². The van der Waals surface area contributed by atoms with Crippen molar-refractivity contribution in [1.82, 2.24) is 15.1 Å². The number of aromatic nitrogens is 2. The lowest BCUT2D eigenvalue weighted by Crippen LogP contribution is -2.39. The molecule has 0 aliphatic carbocycles. The molecular formula is C17H24N4O2. The molecule has 3 rings (SSSR count). The Balaban J connectivity index is 1.67. The minimum absolute atomic E-state index is 0.0301. The molecule has 2 aliphatic heterocycles. The second-order valence-electron chi connectivity index (χ2n) is 6.69. The van der Waals surface area contributed by atoms with Gasteiger partial charge in [0.2, 0.25) is 0 Å². The molecule has 1 saturated heterocycles. The van der Waals surface area contributed by atoms with Crippen molar-refractivity contribution in [3.05, 3.63) is 17.0 Å². The number of amides is 1. The Bertz CT molecular complexity index is 611. The predicted molar refractivity (Wildman–Crippen MR) is 84.7 cm³/mol. The number of carbonyl (C=O) groups is 1. The number of hydrogen-bond acceptors (Lipinski definition) is 4. The van der Waals surface area contributed by atoms with Crippen LogP contribution in [0.4, 0.5) is 0 Å². The summed E-state index contributed by atoms with van der Waals surface area (Å²) in [4.78, 5) is 14.7. The third kappa shape index (κ3) is 3.25. The molecule has 23 heavy (non-hydrogen) atoms. The number of aromatic amines is 1. The molecule has 1 aromatic heterocycles. The van der Waals surface area contributed by atoms with E-state index in [-0.39, 0.29) is 18.1 Å². The monoisotopic (exact) mass is 316 g/mol. The molecule has 0 aromatic carbocycles. The van der Waals surface area contributed by atoms with Gasteiger partial charge in [0.15, 0.2) is 5.69 Å². The van der Waals surface area contributed by atoms with Crippen LogP contribution in [0, 0.1) is 17.2 Å². The van der Waals surface area contributed by atoms with Crippen molar-refractivity contribution in [3.63, 3.8) is 0 Å². The fraction of sp³-hybridized carbons (Fsp3) is 0.706. The van der Waals surface area contributed by atoms with E-state index in [9.17, 15) is 4.79 Å². The van der Waals surface area contributed by atoms with Crippen molar-refractivity contribution < 1.29 is 9.53 Å². The number of likely N-dealkylation sites (tertiary alicyclic amines) is 1. The Kier molecular flexibility index (Phi) is 4.67. The minimum atomic E-state index is -0.0421. The number of ether oxygens (including phenoxy) is 1. The van der Waals surface area contributed by atoms with Crippen molar-refractivity contribution in [1.29, 1.82) is 5.26 Å². The molecule has 1 N–H and O–H groups in total. The summed E-state index contributed by atoms with van der Waals surface area (Å²) in [7, 11) is 0. The van der Waals surface area contributed by atoms with Crippen LogP contribution < -0.4 is 0 Å². The number of nitrogens with one attached hydrogen (secondary N) is 1. The molecule has 6 heteroatoms. The minimum Gasteiger partial charge on any atom is -0.369 e. The molecule has 124 valence electrons. The maximum absolute atomic E-state index is 12.8. The Labute approximate surface area is 136 Å². The van der Waals surface area contributed by atoms with Crippen LogP contribution in [0.5, 0.6) is 0 Å². The zero-order chi connectivity index (χ0) is 16.4. The van der Waals surface area contributed by atoms with Gasteiger partial charge in [0.05, 0.1) is 24.0 Å². The molecule has 0 radical (unpaired) electrons. The third-order valence-corrected chi connectivity index (χ3v) is 5.00. The quantitative estimate of drug-likeness (QED) is 0.929. The molecule has 0 unspecified atom stereocenters. The molecule has 1 fully saturated rings. The number of nitriles is 1. The van der Waals surface area contributed by atoms with Gasteiger partial charge in [-0.1, -0.05) is 0 Å². The lowest BCUT2D eigenvalue weighted by molar-refractivity contribution is -0.00703. The van der Waals surface area contributed by atoms with E-state index in [0.717, 1.165) is 50.0 Å². The molecular weight excluding hydrogens is 292 g/mol. The summed E-state index contributed by atoms with van der Waals surface area (Å²) in [5.41, 5.74) is 2.53. The van der Waals surface area contributed by atoms with Crippen LogP contribution in [0.25, 0.3) is 0 Å². The van der Waals surface area contributed by atoms with Crippen LogP contribution in [-0.2, 0) is 11.2 Å². The van der Waals surface area contributed by atoms with Crippen LogP contribution in [-0.4, -0.2) is 40.2 Å². The number of hydrogen-bond donors (Lipinski definition) is 1. The van der Waals surface area contributed by atoms with Gasteiger partial charge in [0, 0.05) is 31.5 Å². The van der Waals surface area contributed by atoms with Crippen LogP contribution in [0.3, 0.4) is 0 Å². The first-order chi connectivity index (χ1) is 11.1. The van der Waals surface area contributed by atoms with Crippen molar-refractivity contribution in [2.24, 2.45) is 5.92 Å². The molecule has 0 spiro atoms. The van der Waals surface area contributed by atoms with Gasteiger partial charge in [-0.05, 0) is 39.0 Å². The number of carbonyl (C=O) groups excluding carboxylic acids is 1. The molecule has 3 heterocycles. The summed E-state index contributed by atoms with van der Waals surface area (Å²) >= 11 is 0. The zero-order valence-electron chi connectivity index (χ0n) is 13.8. The summed E-state index contributed by atoms with van der Waals surface area (Å²) in [6.07, 6.45) is 4.32. The molecule has 2 aliphatic rings. The Morgan fingerprint density at radius 2 is 2.17 bits per heavy atom. The number of fused-ring (bicyclic) bond motifs is 1. The van der Waals surface area contributed by atoms with Gasteiger partial charge in [-0.2, -0.15) is 10.4 Å². The second kappa shape index (κ2) is 6.71.